The molecule has 1 aliphatic rings. The number of anilines is 1. The first-order valence-electron chi connectivity index (χ1n) is 8.20. The van der Waals surface area contributed by atoms with Gasteiger partial charge in [0.15, 0.2) is 5.82 Å². The number of rotatable bonds is 5. The van der Waals surface area contributed by atoms with Gasteiger partial charge in [-0.2, -0.15) is 0 Å². The molecule has 0 fully saturated rings. The summed E-state index contributed by atoms with van der Waals surface area (Å²) in [4.78, 5) is 13.1. The molecule has 0 amide bonds. The van der Waals surface area contributed by atoms with Crippen LogP contribution >= 0.6 is 0 Å². The molecule has 122 valence electrons. The Bertz CT molecular complexity index is 841. The molecule has 0 aromatic carbocycles. The Balaban J connectivity index is 1.46. The Morgan fingerprint density at radius 2 is 2.04 bits per heavy atom. The van der Waals surface area contributed by atoms with Gasteiger partial charge in [0.2, 0.25) is 0 Å². The summed E-state index contributed by atoms with van der Waals surface area (Å²) in [5.41, 5.74) is 1.90. The van der Waals surface area contributed by atoms with Crippen molar-refractivity contribution in [2.75, 3.05) is 11.9 Å². The molecule has 0 aliphatic carbocycles. The second kappa shape index (κ2) is 6.35. The van der Waals surface area contributed by atoms with E-state index in [2.05, 4.69) is 35.0 Å². The van der Waals surface area contributed by atoms with E-state index in [0.717, 1.165) is 54.7 Å². The molecule has 0 saturated heterocycles. The summed E-state index contributed by atoms with van der Waals surface area (Å²) in [5, 5.41) is 11.9. The number of nitrogens with one attached hydrogen (secondary N) is 1. The predicted octanol–water partition coefficient (Wildman–Crippen LogP) is 2.04. The van der Waals surface area contributed by atoms with E-state index in [-0.39, 0.29) is 0 Å². The van der Waals surface area contributed by atoms with Crippen molar-refractivity contribution in [3.8, 4) is 11.4 Å². The third-order valence-electron chi connectivity index (χ3n) is 4.13. The summed E-state index contributed by atoms with van der Waals surface area (Å²) < 4.78 is 2.23. The van der Waals surface area contributed by atoms with Crippen LogP contribution in [-0.4, -0.2) is 36.3 Å². The van der Waals surface area contributed by atoms with Crippen LogP contribution in [0.25, 0.3) is 11.4 Å². The molecule has 3 aromatic heterocycles. The minimum Gasteiger partial charge on any atom is -0.369 e. The first-order valence-corrected chi connectivity index (χ1v) is 8.20. The quantitative estimate of drug-likeness (QED) is 0.774. The van der Waals surface area contributed by atoms with Crippen molar-refractivity contribution >= 4 is 5.82 Å². The van der Waals surface area contributed by atoms with Crippen molar-refractivity contribution in [1.29, 1.82) is 0 Å². The number of pyridine rings is 1. The summed E-state index contributed by atoms with van der Waals surface area (Å²) in [5.74, 6) is 3.71. The van der Waals surface area contributed by atoms with Gasteiger partial charge in [0.25, 0.3) is 0 Å². The smallest absolute Gasteiger partial charge is 0.161 e. The van der Waals surface area contributed by atoms with E-state index in [1.165, 1.54) is 6.42 Å². The number of nitrogens with zero attached hydrogens (tertiary/aromatic N) is 6. The van der Waals surface area contributed by atoms with E-state index in [4.69, 9.17) is 0 Å². The maximum absolute atomic E-state index is 4.60. The SMILES string of the molecule is Cc1cc(NCCc2nnc3n2CCC3)nc(-c2ccncc2)n1. The minimum atomic E-state index is 0.711. The molecule has 4 heterocycles. The van der Waals surface area contributed by atoms with Crippen LogP contribution in [0.5, 0.6) is 0 Å². The lowest BCUT2D eigenvalue weighted by Gasteiger charge is -2.09. The minimum absolute atomic E-state index is 0.711. The van der Waals surface area contributed by atoms with Crippen LogP contribution < -0.4 is 5.32 Å². The van der Waals surface area contributed by atoms with Gasteiger partial charge in [-0.1, -0.05) is 0 Å². The number of aryl methyl sites for hydroxylation is 2. The van der Waals surface area contributed by atoms with Crippen molar-refractivity contribution < 1.29 is 0 Å². The van der Waals surface area contributed by atoms with Gasteiger partial charge in [-0.25, -0.2) is 9.97 Å². The van der Waals surface area contributed by atoms with Crippen molar-refractivity contribution in [2.45, 2.75) is 32.7 Å². The zero-order valence-electron chi connectivity index (χ0n) is 13.6. The zero-order chi connectivity index (χ0) is 16.4. The lowest BCUT2D eigenvalue weighted by atomic mass is 10.2. The molecule has 0 spiro atoms. The number of hydrogen-bond donors (Lipinski definition) is 1. The summed E-state index contributed by atoms with van der Waals surface area (Å²) >= 11 is 0. The van der Waals surface area contributed by atoms with Gasteiger partial charge >= 0.3 is 0 Å². The molecule has 0 saturated carbocycles. The van der Waals surface area contributed by atoms with Gasteiger partial charge in [0, 0.05) is 55.6 Å². The van der Waals surface area contributed by atoms with E-state index < -0.39 is 0 Å². The standard InChI is InChI=1S/C17H19N7/c1-12-11-14(21-17(20-12)13-4-7-18-8-5-13)19-9-6-16-23-22-15-3-2-10-24(15)16/h4-5,7-8,11H,2-3,6,9-10H2,1H3,(H,19,20,21). The van der Waals surface area contributed by atoms with Crippen LogP contribution in [0.15, 0.2) is 30.6 Å². The van der Waals surface area contributed by atoms with Gasteiger partial charge in [0.1, 0.15) is 17.5 Å². The van der Waals surface area contributed by atoms with Crippen LogP contribution in [0, 0.1) is 6.92 Å². The van der Waals surface area contributed by atoms with Crippen molar-refractivity contribution in [3.05, 3.63) is 47.9 Å². The molecular formula is C17H19N7. The molecule has 0 unspecified atom stereocenters. The van der Waals surface area contributed by atoms with Crippen LogP contribution in [-0.2, 0) is 19.4 Å². The monoisotopic (exact) mass is 321 g/mol. The lowest BCUT2D eigenvalue weighted by molar-refractivity contribution is 0.687. The largest absolute Gasteiger partial charge is 0.369 e. The highest BCUT2D eigenvalue weighted by atomic mass is 15.3. The van der Waals surface area contributed by atoms with E-state index in [1.54, 1.807) is 12.4 Å². The molecule has 3 aromatic rings. The zero-order valence-corrected chi connectivity index (χ0v) is 13.6. The highest BCUT2D eigenvalue weighted by Crippen LogP contribution is 2.17. The first kappa shape index (κ1) is 14.7. The Morgan fingerprint density at radius 1 is 1.17 bits per heavy atom. The number of fused-ring (bicyclic) bond motifs is 1. The van der Waals surface area contributed by atoms with Crippen LogP contribution in [0.1, 0.15) is 23.8 Å². The summed E-state index contributed by atoms with van der Waals surface area (Å²) in [6.45, 7) is 3.78. The third-order valence-corrected chi connectivity index (χ3v) is 4.13. The molecule has 24 heavy (non-hydrogen) atoms. The van der Waals surface area contributed by atoms with E-state index in [9.17, 15) is 0 Å². The first-order chi connectivity index (χ1) is 11.8. The lowest BCUT2D eigenvalue weighted by Crippen LogP contribution is -2.11. The molecule has 0 bridgehead atoms. The summed E-state index contributed by atoms with van der Waals surface area (Å²) in [6.07, 6.45) is 6.55. The maximum Gasteiger partial charge on any atom is 0.161 e. The van der Waals surface area contributed by atoms with Gasteiger partial charge in [-0.05, 0) is 25.5 Å². The fourth-order valence-electron chi connectivity index (χ4n) is 2.99. The second-order valence-corrected chi connectivity index (χ2v) is 5.92. The maximum atomic E-state index is 4.60. The van der Waals surface area contributed by atoms with Crippen molar-refractivity contribution in [3.63, 3.8) is 0 Å². The van der Waals surface area contributed by atoms with E-state index in [1.807, 2.05) is 25.1 Å². The average molecular weight is 321 g/mol. The van der Waals surface area contributed by atoms with Gasteiger partial charge in [0.05, 0.1) is 0 Å². The molecule has 7 heteroatoms. The normalized spacial score (nSPS) is 13.0. The molecule has 1 aliphatic heterocycles. The Labute approximate surface area is 140 Å². The van der Waals surface area contributed by atoms with Gasteiger partial charge in [-0.3, -0.25) is 4.98 Å². The number of hydrogen-bond acceptors (Lipinski definition) is 6. The number of aromatic nitrogens is 6. The summed E-state index contributed by atoms with van der Waals surface area (Å²) in [6, 6.07) is 5.79. The van der Waals surface area contributed by atoms with Crippen LogP contribution in [0.4, 0.5) is 5.82 Å². The highest BCUT2D eigenvalue weighted by Gasteiger charge is 2.16. The summed E-state index contributed by atoms with van der Waals surface area (Å²) in [7, 11) is 0. The van der Waals surface area contributed by atoms with Gasteiger partial charge in [-0.15, -0.1) is 10.2 Å². The molecule has 0 atom stereocenters. The van der Waals surface area contributed by atoms with Crippen molar-refractivity contribution in [2.24, 2.45) is 0 Å². The fraction of sp³-hybridized carbons (Fsp3) is 0.353. The Kier molecular flexibility index (Phi) is 3.90. The van der Waals surface area contributed by atoms with Crippen LogP contribution in [0.2, 0.25) is 0 Å². The molecule has 7 nitrogen and oxygen atoms in total. The highest BCUT2D eigenvalue weighted by molar-refractivity contribution is 5.56. The van der Waals surface area contributed by atoms with Crippen LogP contribution in [0.3, 0.4) is 0 Å². The predicted molar refractivity (Wildman–Crippen MR) is 90.5 cm³/mol. The van der Waals surface area contributed by atoms with Crippen molar-refractivity contribution in [1.82, 2.24) is 29.7 Å². The fourth-order valence-corrected chi connectivity index (χ4v) is 2.99. The molecule has 0 radical (unpaired) electrons. The Morgan fingerprint density at radius 3 is 2.92 bits per heavy atom. The molecule has 1 N–H and O–H groups in total. The average Bonchev–Trinajstić information content (AvgIpc) is 3.20. The van der Waals surface area contributed by atoms with E-state index in [0.29, 0.717) is 5.82 Å². The van der Waals surface area contributed by atoms with Gasteiger partial charge < -0.3 is 9.88 Å². The topological polar surface area (TPSA) is 81.4 Å². The Hall–Kier alpha value is -2.83. The second-order valence-electron chi connectivity index (χ2n) is 5.92. The third kappa shape index (κ3) is 2.97. The molecular weight excluding hydrogens is 302 g/mol. The van der Waals surface area contributed by atoms with E-state index >= 15 is 0 Å². The molecule has 4 rings (SSSR count).